The lowest BCUT2D eigenvalue weighted by Crippen LogP contribution is -2.53. The molecule has 1 aliphatic carbocycles. The van der Waals surface area contributed by atoms with E-state index in [4.69, 9.17) is 10.1 Å². The highest BCUT2D eigenvalue weighted by molar-refractivity contribution is 6.07. The summed E-state index contributed by atoms with van der Waals surface area (Å²) in [6.45, 7) is -0.0418. The van der Waals surface area contributed by atoms with Crippen LogP contribution in [0.2, 0.25) is 0 Å². The molecule has 2 N–H and O–H groups in total. The summed E-state index contributed by atoms with van der Waals surface area (Å²) in [6, 6.07) is 6.14. The van der Waals surface area contributed by atoms with Gasteiger partial charge in [-0.25, -0.2) is 0 Å². The number of guanidine groups is 1. The van der Waals surface area contributed by atoms with Crippen molar-refractivity contribution in [1.82, 2.24) is 10.2 Å². The molecule has 1 aliphatic heterocycles. The minimum Gasteiger partial charge on any atom is -0.484 e. The van der Waals surface area contributed by atoms with Crippen LogP contribution in [0, 0.1) is 21.4 Å². The minimum absolute atomic E-state index is 0.0389. The van der Waals surface area contributed by atoms with Gasteiger partial charge >= 0.3 is 5.69 Å². The molecule has 1 aromatic carbocycles. The first-order chi connectivity index (χ1) is 12.4. The van der Waals surface area contributed by atoms with E-state index >= 15 is 0 Å². The maximum absolute atomic E-state index is 12.9. The zero-order valence-corrected chi connectivity index (χ0v) is 14.9. The average molecular weight is 360 g/mol. The van der Waals surface area contributed by atoms with E-state index in [0.717, 1.165) is 25.7 Å². The van der Waals surface area contributed by atoms with Gasteiger partial charge in [-0.05, 0) is 18.4 Å². The third-order valence-electron chi connectivity index (χ3n) is 5.31. The zero-order chi connectivity index (χ0) is 18.7. The Labute approximate surface area is 152 Å². The number of hydrogen-bond acceptors (Lipinski definition) is 5. The highest BCUT2D eigenvalue weighted by Crippen LogP contribution is 2.35. The SMILES string of the molecule is CN1C(=N)NC(COc2ccccc2[N+](=O)[O-])(CC2CCCCC2)C1=O. The van der Waals surface area contributed by atoms with Crippen LogP contribution in [0.5, 0.6) is 5.75 Å². The average Bonchev–Trinajstić information content (AvgIpc) is 2.85. The largest absolute Gasteiger partial charge is 0.484 e. The second-order valence-electron chi connectivity index (χ2n) is 7.14. The first-order valence-corrected chi connectivity index (χ1v) is 8.94. The molecule has 140 valence electrons. The molecular formula is C18H24N4O4. The number of carbonyl (C=O) groups excluding carboxylic acids is 1. The predicted molar refractivity (Wildman–Crippen MR) is 96.1 cm³/mol. The molecule has 0 radical (unpaired) electrons. The Morgan fingerprint density at radius 2 is 2.04 bits per heavy atom. The molecule has 1 unspecified atom stereocenters. The van der Waals surface area contributed by atoms with Crippen molar-refractivity contribution in [2.75, 3.05) is 13.7 Å². The van der Waals surface area contributed by atoms with Crippen LogP contribution in [-0.4, -0.2) is 40.9 Å². The van der Waals surface area contributed by atoms with Gasteiger partial charge < -0.3 is 10.1 Å². The maximum Gasteiger partial charge on any atom is 0.310 e. The number of ether oxygens (including phenoxy) is 1. The highest BCUT2D eigenvalue weighted by atomic mass is 16.6. The van der Waals surface area contributed by atoms with Crippen LogP contribution in [0.15, 0.2) is 24.3 Å². The summed E-state index contributed by atoms with van der Waals surface area (Å²) < 4.78 is 5.75. The van der Waals surface area contributed by atoms with Crippen LogP contribution in [0.25, 0.3) is 0 Å². The molecule has 26 heavy (non-hydrogen) atoms. The number of nitrogens with one attached hydrogen (secondary N) is 2. The zero-order valence-electron chi connectivity index (χ0n) is 14.9. The number of rotatable bonds is 6. The standard InChI is InChI=1S/C18H24N4O4/c1-21-16(23)18(20-17(21)19,11-13-7-3-2-4-8-13)12-26-15-10-6-5-9-14(15)22(24)25/h5-6,9-10,13H,2-4,7-8,11-12H2,1H3,(H2,19,20). The Balaban J connectivity index is 1.82. The fourth-order valence-electron chi connectivity index (χ4n) is 3.90. The molecule has 8 nitrogen and oxygen atoms in total. The molecule has 2 fully saturated rings. The normalized spacial score (nSPS) is 23.8. The van der Waals surface area contributed by atoms with E-state index in [-0.39, 0.29) is 29.9 Å². The lowest BCUT2D eigenvalue weighted by Gasteiger charge is -2.32. The van der Waals surface area contributed by atoms with Crippen molar-refractivity contribution in [2.24, 2.45) is 5.92 Å². The lowest BCUT2D eigenvalue weighted by atomic mass is 9.79. The topological polar surface area (TPSA) is 109 Å². The van der Waals surface area contributed by atoms with Gasteiger partial charge in [-0.3, -0.25) is 25.2 Å². The molecule has 1 heterocycles. The molecule has 2 aliphatic rings. The third kappa shape index (κ3) is 3.49. The molecule has 1 atom stereocenters. The van der Waals surface area contributed by atoms with E-state index in [1.54, 1.807) is 19.2 Å². The Morgan fingerprint density at radius 1 is 1.35 bits per heavy atom. The first kappa shape index (κ1) is 18.2. The van der Waals surface area contributed by atoms with Gasteiger partial charge in [0.25, 0.3) is 5.91 Å². The second kappa shape index (κ2) is 7.31. The van der Waals surface area contributed by atoms with Gasteiger partial charge in [0.05, 0.1) is 4.92 Å². The number of hydrogen-bond donors (Lipinski definition) is 2. The quantitative estimate of drug-likeness (QED) is 0.599. The van der Waals surface area contributed by atoms with Crippen molar-refractivity contribution in [1.29, 1.82) is 5.41 Å². The number of likely N-dealkylation sites (N-methyl/N-ethyl adjacent to an activating group) is 1. The molecule has 1 saturated carbocycles. The number of nitro groups is 1. The van der Waals surface area contributed by atoms with E-state index in [2.05, 4.69) is 5.32 Å². The van der Waals surface area contributed by atoms with Crippen molar-refractivity contribution in [3.8, 4) is 5.75 Å². The monoisotopic (exact) mass is 360 g/mol. The van der Waals surface area contributed by atoms with Crippen LogP contribution in [0.4, 0.5) is 5.69 Å². The molecule has 8 heteroatoms. The molecular weight excluding hydrogens is 336 g/mol. The number of benzene rings is 1. The van der Waals surface area contributed by atoms with E-state index in [0.29, 0.717) is 12.3 Å². The van der Waals surface area contributed by atoms with Crippen molar-refractivity contribution in [3.05, 3.63) is 34.4 Å². The number of nitrogens with zero attached hydrogens (tertiary/aromatic N) is 2. The van der Waals surface area contributed by atoms with Crippen LogP contribution >= 0.6 is 0 Å². The summed E-state index contributed by atoms with van der Waals surface area (Å²) in [7, 11) is 1.56. The molecule has 0 bridgehead atoms. The van der Waals surface area contributed by atoms with E-state index in [9.17, 15) is 14.9 Å². The van der Waals surface area contributed by atoms with Gasteiger partial charge in [-0.15, -0.1) is 0 Å². The van der Waals surface area contributed by atoms with Crippen LogP contribution < -0.4 is 10.1 Å². The predicted octanol–water partition coefficient (Wildman–Crippen LogP) is 2.68. The van der Waals surface area contributed by atoms with Crippen LogP contribution in [-0.2, 0) is 4.79 Å². The number of amides is 1. The summed E-state index contributed by atoms with van der Waals surface area (Å²) in [5, 5.41) is 22.2. The lowest BCUT2D eigenvalue weighted by molar-refractivity contribution is -0.385. The van der Waals surface area contributed by atoms with Gasteiger partial charge in [0.1, 0.15) is 6.61 Å². The Hall–Kier alpha value is -2.64. The van der Waals surface area contributed by atoms with Crippen LogP contribution in [0.1, 0.15) is 38.5 Å². The van der Waals surface area contributed by atoms with Gasteiger partial charge in [-0.2, -0.15) is 0 Å². The number of nitro benzene ring substituents is 1. The Morgan fingerprint density at radius 3 is 2.65 bits per heavy atom. The van der Waals surface area contributed by atoms with Gasteiger partial charge in [0.2, 0.25) is 0 Å². The van der Waals surface area contributed by atoms with Crippen molar-refractivity contribution in [2.45, 2.75) is 44.1 Å². The Kier molecular flexibility index (Phi) is 5.11. The second-order valence-corrected chi connectivity index (χ2v) is 7.14. The van der Waals surface area contributed by atoms with Gasteiger partial charge in [-0.1, -0.05) is 44.2 Å². The van der Waals surface area contributed by atoms with Crippen molar-refractivity contribution < 1.29 is 14.5 Å². The van der Waals surface area contributed by atoms with Crippen molar-refractivity contribution in [3.63, 3.8) is 0 Å². The van der Waals surface area contributed by atoms with Gasteiger partial charge in [0.15, 0.2) is 17.2 Å². The summed E-state index contributed by atoms with van der Waals surface area (Å²) in [5.41, 5.74) is -1.17. The van der Waals surface area contributed by atoms with E-state index < -0.39 is 10.5 Å². The molecule has 1 saturated heterocycles. The van der Waals surface area contributed by atoms with E-state index in [1.165, 1.54) is 23.5 Å². The van der Waals surface area contributed by atoms with E-state index in [1.807, 2.05) is 0 Å². The fraction of sp³-hybridized carbons (Fsp3) is 0.556. The Bertz CT molecular complexity index is 717. The van der Waals surface area contributed by atoms with Gasteiger partial charge in [0, 0.05) is 13.1 Å². The molecule has 3 rings (SSSR count). The summed E-state index contributed by atoms with van der Waals surface area (Å²) in [5.74, 6) is 0.341. The molecule has 1 amide bonds. The fourth-order valence-corrected chi connectivity index (χ4v) is 3.90. The third-order valence-corrected chi connectivity index (χ3v) is 5.31. The maximum atomic E-state index is 12.9. The summed E-state index contributed by atoms with van der Waals surface area (Å²) >= 11 is 0. The van der Waals surface area contributed by atoms with Crippen LogP contribution in [0.3, 0.4) is 0 Å². The molecule has 0 spiro atoms. The smallest absolute Gasteiger partial charge is 0.310 e. The van der Waals surface area contributed by atoms with Crippen molar-refractivity contribution >= 4 is 17.6 Å². The highest BCUT2D eigenvalue weighted by Gasteiger charge is 2.50. The summed E-state index contributed by atoms with van der Waals surface area (Å²) in [4.78, 5) is 24.8. The molecule has 0 aromatic heterocycles. The molecule has 1 aromatic rings. The number of carbonyl (C=O) groups is 1. The number of para-hydroxylation sites is 2. The minimum atomic E-state index is -1.04. The first-order valence-electron chi connectivity index (χ1n) is 8.94. The summed E-state index contributed by atoms with van der Waals surface area (Å²) in [6.07, 6.45) is 6.19.